The molecule has 1 aliphatic heterocycles. The van der Waals surface area contributed by atoms with Gasteiger partial charge in [0, 0.05) is 13.2 Å². The van der Waals surface area contributed by atoms with E-state index in [1.807, 2.05) is 0 Å². The Hall–Kier alpha value is -0.0800. The van der Waals surface area contributed by atoms with Crippen LogP contribution < -0.4 is 5.32 Å². The van der Waals surface area contributed by atoms with Crippen molar-refractivity contribution in [3.8, 4) is 0 Å². The summed E-state index contributed by atoms with van der Waals surface area (Å²) in [6, 6.07) is 0. The molecule has 2 N–H and O–H groups in total. The van der Waals surface area contributed by atoms with Crippen LogP contribution in [0.3, 0.4) is 0 Å². The van der Waals surface area contributed by atoms with Gasteiger partial charge in [-0.2, -0.15) is 0 Å². The van der Waals surface area contributed by atoms with Crippen molar-refractivity contribution in [1.29, 1.82) is 0 Å². The lowest BCUT2D eigenvalue weighted by Crippen LogP contribution is -2.31. The molecule has 1 unspecified atom stereocenters. The Morgan fingerprint density at radius 3 is 2.36 bits per heavy atom. The van der Waals surface area contributed by atoms with Crippen LogP contribution in [-0.4, -0.2) is 24.8 Å². The Balaban J connectivity index is 0.000000292. The number of hydrogen-bond donors (Lipinski definition) is 2. The van der Waals surface area contributed by atoms with Gasteiger partial charge in [0.05, 0.1) is 0 Å². The van der Waals surface area contributed by atoms with Crippen LogP contribution >= 0.6 is 0 Å². The van der Waals surface area contributed by atoms with E-state index >= 15 is 0 Å². The van der Waals surface area contributed by atoms with E-state index < -0.39 is 0 Å². The van der Waals surface area contributed by atoms with Crippen LogP contribution in [0.4, 0.5) is 0 Å². The summed E-state index contributed by atoms with van der Waals surface area (Å²) < 4.78 is 0. The van der Waals surface area contributed by atoms with E-state index in [2.05, 4.69) is 19.2 Å². The SMILES string of the molecule is CCC.OCC1CCCNC1. The maximum absolute atomic E-state index is 8.65. The van der Waals surface area contributed by atoms with E-state index in [1.165, 1.54) is 19.3 Å². The number of rotatable bonds is 1. The van der Waals surface area contributed by atoms with Crippen LogP contribution in [0.25, 0.3) is 0 Å². The maximum Gasteiger partial charge on any atom is 0.0471 e. The summed E-state index contributed by atoms with van der Waals surface area (Å²) in [5.41, 5.74) is 0. The van der Waals surface area contributed by atoms with Gasteiger partial charge >= 0.3 is 0 Å². The van der Waals surface area contributed by atoms with Gasteiger partial charge in [0.1, 0.15) is 0 Å². The van der Waals surface area contributed by atoms with Crippen LogP contribution in [-0.2, 0) is 0 Å². The van der Waals surface area contributed by atoms with Gasteiger partial charge in [-0.25, -0.2) is 0 Å². The summed E-state index contributed by atoms with van der Waals surface area (Å²) >= 11 is 0. The van der Waals surface area contributed by atoms with Gasteiger partial charge in [0.15, 0.2) is 0 Å². The molecule has 11 heavy (non-hydrogen) atoms. The van der Waals surface area contributed by atoms with Crippen molar-refractivity contribution < 1.29 is 5.11 Å². The Bertz CT molecular complexity index is 70.0. The predicted octanol–water partition coefficient (Wildman–Crippen LogP) is 1.39. The fourth-order valence-corrected chi connectivity index (χ4v) is 1.08. The highest BCUT2D eigenvalue weighted by Gasteiger charge is 2.09. The van der Waals surface area contributed by atoms with Crippen LogP contribution in [0, 0.1) is 5.92 Å². The fraction of sp³-hybridized carbons (Fsp3) is 1.00. The van der Waals surface area contributed by atoms with E-state index in [1.54, 1.807) is 0 Å². The minimum Gasteiger partial charge on any atom is -0.396 e. The summed E-state index contributed by atoms with van der Waals surface area (Å²) in [6.07, 6.45) is 3.68. The lowest BCUT2D eigenvalue weighted by molar-refractivity contribution is 0.199. The number of aliphatic hydroxyl groups excluding tert-OH is 1. The summed E-state index contributed by atoms with van der Waals surface area (Å²) in [7, 11) is 0. The molecule has 0 aromatic heterocycles. The third kappa shape index (κ3) is 6.32. The molecule has 1 rings (SSSR count). The zero-order chi connectivity index (χ0) is 8.53. The molecule has 1 aliphatic rings. The summed E-state index contributed by atoms with van der Waals surface area (Å²) in [5.74, 6) is 0.531. The van der Waals surface area contributed by atoms with Gasteiger partial charge in [-0.05, 0) is 25.3 Å². The van der Waals surface area contributed by atoms with Crippen LogP contribution in [0.1, 0.15) is 33.1 Å². The lowest BCUT2D eigenvalue weighted by atomic mass is 10.0. The number of nitrogens with one attached hydrogen (secondary N) is 1. The molecule has 68 valence electrons. The predicted molar refractivity (Wildman–Crippen MR) is 48.6 cm³/mol. The zero-order valence-corrected chi connectivity index (χ0v) is 7.77. The van der Waals surface area contributed by atoms with Gasteiger partial charge < -0.3 is 10.4 Å². The average molecular weight is 159 g/mol. The van der Waals surface area contributed by atoms with Gasteiger partial charge in [0.2, 0.25) is 0 Å². The molecule has 2 heteroatoms. The first-order valence-corrected chi connectivity index (χ1v) is 4.66. The van der Waals surface area contributed by atoms with E-state index in [9.17, 15) is 0 Å². The van der Waals surface area contributed by atoms with E-state index in [4.69, 9.17) is 5.11 Å². The molecule has 2 nitrogen and oxygen atoms in total. The van der Waals surface area contributed by atoms with Crippen molar-refractivity contribution in [3.63, 3.8) is 0 Å². The highest BCUT2D eigenvalue weighted by molar-refractivity contribution is 4.66. The maximum atomic E-state index is 8.65. The van der Waals surface area contributed by atoms with Gasteiger partial charge in [0.25, 0.3) is 0 Å². The highest BCUT2D eigenvalue weighted by Crippen LogP contribution is 2.07. The molecule has 0 bridgehead atoms. The van der Waals surface area contributed by atoms with E-state index in [0.29, 0.717) is 12.5 Å². The Kier molecular flexibility index (Phi) is 7.96. The van der Waals surface area contributed by atoms with Crippen molar-refractivity contribution in [1.82, 2.24) is 5.32 Å². The van der Waals surface area contributed by atoms with E-state index in [-0.39, 0.29) is 0 Å². The first-order chi connectivity index (χ1) is 5.35. The van der Waals surface area contributed by atoms with Crippen molar-refractivity contribution in [2.45, 2.75) is 33.1 Å². The summed E-state index contributed by atoms with van der Waals surface area (Å²) in [5, 5.41) is 11.9. The van der Waals surface area contributed by atoms with Gasteiger partial charge in [-0.15, -0.1) is 0 Å². The Labute approximate surface area is 70.0 Å². The molecule has 1 saturated heterocycles. The number of hydrogen-bond acceptors (Lipinski definition) is 2. The molecule has 0 aromatic carbocycles. The largest absolute Gasteiger partial charge is 0.396 e. The molecule has 0 aliphatic carbocycles. The summed E-state index contributed by atoms with van der Waals surface area (Å²) in [4.78, 5) is 0. The summed E-state index contributed by atoms with van der Waals surface area (Å²) in [6.45, 7) is 6.75. The van der Waals surface area contributed by atoms with Crippen LogP contribution in [0.2, 0.25) is 0 Å². The molecule has 0 spiro atoms. The fourth-order valence-electron chi connectivity index (χ4n) is 1.08. The van der Waals surface area contributed by atoms with Gasteiger partial charge in [-0.1, -0.05) is 20.3 Å². The third-order valence-corrected chi connectivity index (χ3v) is 1.66. The van der Waals surface area contributed by atoms with Crippen LogP contribution in [0.5, 0.6) is 0 Å². The van der Waals surface area contributed by atoms with Crippen molar-refractivity contribution in [2.24, 2.45) is 5.92 Å². The molecule has 1 heterocycles. The molecule has 0 amide bonds. The third-order valence-electron chi connectivity index (χ3n) is 1.66. The molecule has 1 atom stereocenters. The van der Waals surface area contributed by atoms with Crippen LogP contribution in [0.15, 0.2) is 0 Å². The Morgan fingerprint density at radius 2 is 2.09 bits per heavy atom. The Morgan fingerprint density at radius 1 is 1.45 bits per heavy atom. The monoisotopic (exact) mass is 159 g/mol. The standard InChI is InChI=1S/C6H13NO.C3H8/c8-5-6-2-1-3-7-4-6;1-3-2/h6-8H,1-5H2;3H2,1-2H3. The second-order valence-corrected chi connectivity index (χ2v) is 3.10. The molecule has 0 radical (unpaired) electrons. The quantitative estimate of drug-likeness (QED) is 0.606. The molecule has 1 fully saturated rings. The molecule has 0 saturated carbocycles. The second kappa shape index (κ2) is 8.02. The minimum absolute atomic E-state index is 0.354. The molecule has 0 aromatic rings. The first-order valence-electron chi connectivity index (χ1n) is 4.66. The van der Waals surface area contributed by atoms with Gasteiger partial charge in [-0.3, -0.25) is 0 Å². The normalized spacial score (nSPS) is 23.7. The topological polar surface area (TPSA) is 32.3 Å². The molecular formula is C9H21NO. The smallest absolute Gasteiger partial charge is 0.0471 e. The average Bonchev–Trinajstić information content (AvgIpc) is 2.08. The van der Waals surface area contributed by atoms with E-state index in [0.717, 1.165) is 13.1 Å². The lowest BCUT2D eigenvalue weighted by Gasteiger charge is -2.19. The highest BCUT2D eigenvalue weighted by atomic mass is 16.3. The zero-order valence-electron chi connectivity index (χ0n) is 7.77. The van der Waals surface area contributed by atoms with Crippen molar-refractivity contribution in [3.05, 3.63) is 0 Å². The minimum atomic E-state index is 0.354. The second-order valence-electron chi connectivity index (χ2n) is 3.10. The number of piperidine rings is 1. The van der Waals surface area contributed by atoms with Crippen molar-refractivity contribution >= 4 is 0 Å². The van der Waals surface area contributed by atoms with Crippen molar-refractivity contribution in [2.75, 3.05) is 19.7 Å². The number of aliphatic hydroxyl groups is 1. The molecular weight excluding hydrogens is 138 g/mol. The first kappa shape index (κ1) is 10.9.